The molecule has 0 spiro atoms. The summed E-state index contributed by atoms with van der Waals surface area (Å²) in [6, 6.07) is 0. The summed E-state index contributed by atoms with van der Waals surface area (Å²) < 4.78 is 28.1. The predicted octanol–water partition coefficient (Wildman–Crippen LogP) is 0.736. The summed E-state index contributed by atoms with van der Waals surface area (Å²) in [7, 11) is -1.14. The molecular weight excluding hydrogens is 266 g/mol. The Hall–Kier alpha value is -0.460. The average Bonchev–Trinajstić information content (AvgIpc) is 2.33. The number of rotatable bonds is 5. The molecule has 0 aromatic heterocycles. The van der Waals surface area contributed by atoms with Crippen LogP contribution in [0, 0.1) is 5.92 Å². The first-order valence-electron chi connectivity index (χ1n) is 6.46. The van der Waals surface area contributed by atoms with Crippen LogP contribution >= 0.6 is 0 Å². The summed E-state index contributed by atoms with van der Waals surface area (Å²) in [4.78, 5) is 14.2. The van der Waals surface area contributed by atoms with Gasteiger partial charge in [0.2, 0.25) is 0 Å². The van der Waals surface area contributed by atoms with Crippen molar-refractivity contribution in [3.63, 3.8) is 0 Å². The van der Waals surface area contributed by atoms with E-state index in [1.807, 2.05) is 25.8 Å². The predicted molar refractivity (Wildman–Crippen MR) is 74.9 cm³/mol. The summed E-state index contributed by atoms with van der Waals surface area (Å²) in [5, 5.41) is 0. The van der Waals surface area contributed by atoms with Crippen LogP contribution in [0.4, 0.5) is 0 Å². The number of hydrogen-bond donors (Lipinski definition) is 0. The molecule has 0 radical (unpaired) electrons. The molecule has 6 heteroatoms. The standard InChI is InChI=1S/C13H25NO4S/c1-12(2)10(11(15)13(3,4)18-12)9-14(5)7-8-19(6,16)17/h10H,7-9H2,1-6H3. The van der Waals surface area contributed by atoms with E-state index in [1.54, 1.807) is 13.8 Å². The monoisotopic (exact) mass is 291 g/mol. The van der Waals surface area contributed by atoms with Crippen LogP contribution in [0.3, 0.4) is 0 Å². The number of Topliss-reactive ketones (excluding diaryl/α,β-unsaturated/α-hetero) is 1. The second-order valence-electron chi connectivity index (χ2n) is 6.52. The van der Waals surface area contributed by atoms with Crippen LogP contribution < -0.4 is 0 Å². The van der Waals surface area contributed by atoms with Gasteiger partial charge in [-0.3, -0.25) is 4.79 Å². The smallest absolute Gasteiger partial charge is 0.171 e. The molecule has 0 amide bonds. The van der Waals surface area contributed by atoms with Gasteiger partial charge in [0.25, 0.3) is 0 Å². The molecule has 0 N–H and O–H groups in total. The van der Waals surface area contributed by atoms with Crippen molar-refractivity contribution in [1.82, 2.24) is 4.90 Å². The zero-order chi connectivity index (χ0) is 15.1. The summed E-state index contributed by atoms with van der Waals surface area (Å²) >= 11 is 0. The van der Waals surface area contributed by atoms with Gasteiger partial charge in [0, 0.05) is 19.3 Å². The van der Waals surface area contributed by atoms with E-state index >= 15 is 0 Å². The Morgan fingerprint density at radius 2 is 1.79 bits per heavy atom. The van der Waals surface area contributed by atoms with Crippen molar-refractivity contribution >= 4 is 15.6 Å². The van der Waals surface area contributed by atoms with Crippen molar-refractivity contribution < 1.29 is 17.9 Å². The van der Waals surface area contributed by atoms with Crippen LogP contribution in [0.2, 0.25) is 0 Å². The summed E-state index contributed by atoms with van der Waals surface area (Å²) in [6.45, 7) is 8.34. The number of sulfone groups is 1. The van der Waals surface area contributed by atoms with Crippen LogP contribution in [0.1, 0.15) is 27.7 Å². The second-order valence-corrected chi connectivity index (χ2v) is 8.78. The number of ether oxygens (including phenoxy) is 1. The van der Waals surface area contributed by atoms with E-state index < -0.39 is 21.0 Å². The van der Waals surface area contributed by atoms with Crippen molar-refractivity contribution in [3.8, 4) is 0 Å². The van der Waals surface area contributed by atoms with Gasteiger partial charge in [-0.15, -0.1) is 0 Å². The summed E-state index contributed by atoms with van der Waals surface area (Å²) in [5.74, 6) is -0.0366. The van der Waals surface area contributed by atoms with E-state index in [2.05, 4.69) is 0 Å². The molecule has 1 aliphatic heterocycles. The molecule has 1 saturated heterocycles. The Kier molecular flexibility index (Phi) is 4.49. The zero-order valence-corrected chi connectivity index (χ0v) is 13.5. The molecule has 0 aromatic rings. The van der Waals surface area contributed by atoms with Crippen molar-refractivity contribution in [2.45, 2.75) is 38.9 Å². The maximum Gasteiger partial charge on any atom is 0.171 e. The van der Waals surface area contributed by atoms with Crippen molar-refractivity contribution in [3.05, 3.63) is 0 Å². The van der Waals surface area contributed by atoms with Crippen LogP contribution in [0.15, 0.2) is 0 Å². The van der Waals surface area contributed by atoms with Crippen molar-refractivity contribution in [2.75, 3.05) is 32.1 Å². The number of hydrogen-bond acceptors (Lipinski definition) is 5. The number of carbonyl (C=O) groups is 1. The Morgan fingerprint density at radius 3 is 2.16 bits per heavy atom. The minimum Gasteiger partial charge on any atom is -0.361 e. The Bertz CT molecular complexity index is 453. The maximum absolute atomic E-state index is 12.3. The van der Waals surface area contributed by atoms with Gasteiger partial charge >= 0.3 is 0 Å². The number of ketones is 1. The Morgan fingerprint density at radius 1 is 1.26 bits per heavy atom. The molecular formula is C13H25NO4S. The summed E-state index contributed by atoms with van der Waals surface area (Å²) in [6.07, 6.45) is 1.22. The molecule has 1 rings (SSSR count). The molecule has 0 aliphatic carbocycles. The zero-order valence-electron chi connectivity index (χ0n) is 12.7. The first kappa shape index (κ1) is 16.6. The van der Waals surface area contributed by atoms with E-state index in [0.29, 0.717) is 13.1 Å². The topological polar surface area (TPSA) is 63.7 Å². The molecule has 0 saturated carbocycles. The van der Waals surface area contributed by atoms with E-state index in [4.69, 9.17) is 4.74 Å². The van der Waals surface area contributed by atoms with Gasteiger partial charge in [-0.05, 0) is 34.7 Å². The highest BCUT2D eigenvalue weighted by Crippen LogP contribution is 2.39. The highest BCUT2D eigenvalue weighted by atomic mass is 32.2. The summed E-state index contributed by atoms with van der Waals surface area (Å²) in [5.41, 5.74) is -1.27. The molecule has 19 heavy (non-hydrogen) atoms. The molecule has 1 unspecified atom stereocenters. The van der Waals surface area contributed by atoms with Crippen LogP contribution in [-0.4, -0.2) is 62.4 Å². The van der Waals surface area contributed by atoms with Gasteiger partial charge < -0.3 is 9.64 Å². The van der Waals surface area contributed by atoms with E-state index in [0.717, 1.165) is 0 Å². The van der Waals surface area contributed by atoms with Crippen LogP contribution in [0.5, 0.6) is 0 Å². The maximum atomic E-state index is 12.3. The van der Waals surface area contributed by atoms with Crippen molar-refractivity contribution in [2.24, 2.45) is 5.92 Å². The minimum absolute atomic E-state index is 0.0868. The third-order valence-corrected chi connectivity index (χ3v) is 4.53. The third kappa shape index (κ3) is 4.26. The van der Waals surface area contributed by atoms with E-state index in [1.165, 1.54) is 6.26 Å². The fraction of sp³-hybridized carbons (Fsp3) is 0.923. The number of carbonyl (C=O) groups excluding carboxylic acids is 1. The van der Waals surface area contributed by atoms with Gasteiger partial charge in [-0.25, -0.2) is 8.42 Å². The van der Waals surface area contributed by atoms with Crippen LogP contribution in [0.25, 0.3) is 0 Å². The van der Waals surface area contributed by atoms with Gasteiger partial charge in [0.1, 0.15) is 15.4 Å². The molecule has 1 heterocycles. The highest BCUT2D eigenvalue weighted by molar-refractivity contribution is 7.90. The quantitative estimate of drug-likeness (QED) is 0.747. The lowest BCUT2D eigenvalue weighted by molar-refractivity contribution is -0.132. The van der Waals surface area contributed by atoms with E-state index in [9.17, 15) is 13.2 Å². The first-order valence-corrected chi connectivity index (χ1v) is 8.52. The second kappa shape index (κ2) is 5.14. The minimum atomic E-state index is -2.98. The fourth-order valence-corrected chi connectivity index (χ4v) is 3.19. The Balaban J connectivity index is 2.68. The van der Waals surface area contributed by atoms with Gasteiger partial charge in [0.05, 0.1) is 17.3 Å². The number of nitrogens with zero attached hydrogens (tertiary/aromatic N) is 1. The normalized spacial score (nSPS) is 26.1. The third-order valence-electron chi connectivity index (χ3n) is 3.61. The molecule has 0 aromatic carbocycles. The lowest BCUT2D eigenvalue weighted by Crippen LogP contribution is -2.41. The van der Waals surface area contributed by atoms with Crippen molar-refractivity contribution in [1.29, 1.82) is 0 Å². The average molecular weight is 291 g/mol. The lowest BCUT2D eigenvalue weighted by atomic mass is 9.86. The van der Waals surface area contributed by atoms with E-state index in [-0.39, 0.29) is 17.5 Å². The van der Waals surface area contributed by atoms with Gasteiger partial charge in [0.15, 0.2) is 5.78 Å². The van der Waals surface area contributed by atoms with Gasteiger partial charge in [-0.1, -0.05) is 0 Å². The molecule has 1 fully saturated rings. The highest BCUT2D eigenvalue weighted by Gasteiger charge is 2.53. The molecule has 1 aliphatic rings. The fourth-order valence-electron chi connectivity index (χ4n) is 2.54. The molecule has 5 nitrogen and oxygen atoms in total. The Labute approximate surface area is 116 Å². The SMILES string of the molecule is CN(CCS(C)(=O)=O)CC1C(=O)C(C)(C)OC1(C)C. The van der Waals surface area contributed by atoms with Crippen LogP contribution in [-0.2, 0) is 19.4 Å². The largest absolute Gasteiger partial charge is 0.361 e. The molecule has 112 valence electrons. The first-order chi connectivity index (χ1) is 8.35. The molecule has 0 bridgehead atoms. The molecule has 1 atom stereocenters. The lowest BCUT2D eigenvalue weighted by Gasteiger charge is -2.28. The van der Waals surface area contributed by atoms with Gasteiger partial charge in [-0.2, -0.15) is 0 Å².